The van der Waals surface area contributed by atoms with Gasteiger partial charge in [0.2, 0.25) is 0 Å². The third kappa shape index (κ3) is 9.02. The standard InChI is InChI=1S/C24H30ClN3O.C21H26ClN3O2/c25-23-19-6-2-3-7-21(19)26-22-16-17(8-9-20(22)23)24(29)28-14-10-18(11-15-28)27-12-4-1-5-13-27;22-20-16-4-1-2-5-18(16)24-19-14-15(6-7-17(19)20)21(26)23-8-3-9-25-10-12-27-13-11-25/h8-9,16,18H,1-7,10-15H2;6-7,14H,1-5,8-13H2,(H,23,26). The Labute approximate surface area is 341 Å². The van der Waals surface area contributed by atoms with Gasteiger partial charge in [0.15, 0.2) is 0 Å². The topological polar surface area (TPSA) is 90.9 Å². The Morgan fingerprint density at radius 3 is 1.89 bits per heavy atom. The molecule has 3 saturated heterocycles. The van der Waals surface area contributed by atoms with Crippen molar-refractivity contribution >= 4 is 56.8 Å². The molecule has 4 aromatic rings. The van der Waals surface area contributed by atoms with Crippen LogP contribution >= 0.6 is 23.2 Å². The van der Waals surface area contributed by atoms with E-state index in [0.29, 0.717) is 18.2 Å². The number of hydrogen-bond donors (Lipinski definition) is 1. The van der Waals surface area contributed by atoms with Gasteiger partial charge in [-0.05, 0) is 138 Å². The van der Waals surface area contributed by atoms with Gasteiger partial charge in [0.1, 0.15) is 0 Å². The molecule has 56 heavy (non-hydrogen) atoms. The van der Waals surface area contributed by atoms with Crippen LogP contribution in [0.25, 0.3) is 21.8 Å². The molecule has 3 fully saturated rings. The molecule has 2 aliphatic carbocycles. The number of rotatable bonds is 7. The SMILES string of the molecule is O=C(NCCCN1CCOCC1)c1ccc2c(Cl)c3c(nc2c1)CCCC3.O=C(c1ccc2c(Cl)c3c(nc2c1)CCCC3)N1CCC(N2CCCCC2)CC1. The van der Waals surface area contributed by atoms with Gasteiger partial charge in [-0.1, -0.05) is 41.8 Å². The van der Waals surface area contributed by atoms with Gasteiger partial charge in [-0.3, -0.25) is 24.5 Å². The smallest absolute Gasteiger partial charge is 0.253 e. The van der Waals surface area contributed by atoms with E-state index in [2.05, 4.69) is 15.1 Å². The van der Waals surface area contributed by atoms with Crippen molar-refractivity contribution in [2.45, 2.75) is 95.9 Å². The molecule has 0 saturated carbocycles. The number of pyridine rings is 2. The molecule has 2 aromatic carbocycles. The van der Waals surface area contributed by atoms with Crippen LogP contribution in [0.3, 0.4) is 0 Å². The molecule has 0 spiro atoms. The Morgan fingerprint density at radius 2 is 1.27 bits per heavy atom. The highest BCUT2D eigenvalue weighted by Gasteiger charge is 2.29. The third-order valence-corrected chi connectivity index (χ3v) is 13.5. The Kier molecular flexibility index (Phi) is 13.0. The summed E-state index contributed by atoms with van der Waals surface area (Å²) in [5.74, 6) is 0.0918. The Bertz CT molecular complexity index is 2040. The highest BCUT2D eigenvalue weighted by Crippen LogP contribution is 2.35. The number of hydrogen-bond acceptors (Lipinski definition) is 7. The zero-order valence-corrected chi connectivity index (χ0v) is 34.2. The summed E-state index contributed by atoms with van der Waals surface area (Å²) in [7, 11) is 0. The number of aromatic nitrogens is 2. The summed E-state index contributed by atoms with van der Waals surface area (Å²) in [5.41, 5.74) is 7.70. The van der Waals surface area contributed by atoms with Crippen molar-refractivity contribution in [2.75, 3.05) is 65.6 Å². The average molecular weight is 800 g/mol. The molecule has 298 valence electrons. The van der Waals surface area contributed by atoms with Crippen molar-refractivity contribution in [3.05, 3.63) is 80.1 Å². The van der Waals surface area contributed by atoms with E-state index in [-0.39, 0.29) is 11.8 Å². The minimum Gasteiger partial charge on any atom is -0.379 e. The van der Waals surface area contributed by atoms with Crippen LogP contribution in [0.2, 0.25) is 10.0 Å². The van der Waals surface area contributed by atoms with Gasteiger partial charge in [-0.15, -0.1) is 0 Å². The largest absolute Gasteiger partial charge is 0.379 e. The van der Waals surface area contributed by atoms with E-state index in [1.54, 1.807) is 0 Å². The summed E-state index contributed by atoms with van der Waals surface area (Å²) in [6, 6.07) is 12.2. The number of benzene rings is 2. The molecule has 9 nitrogen and oxygen atoms in total. The third-order valence-electron chi connectivity index (χ3n) is 12.6. The Balaban J connectivity index is 0.000000158. The van der Waals surface area contributed by atoms with Crippen molar-refractivity contribution in [1.82, 2.24) is 30.0 Å². The maximum atomic E-state index is 13.2. The summed E-state index contributed by atoms with van der Waals surface area (Å²) in [5, 5.41) is 6.60. The van der Waals surface area contributed by atoms with Gasteiger partial charge in [0.05, 0.1) is 34.3 Å². The van der Waals surface area contributed by atoms with Crippen molar-refractivity contribution in [3.63, 3.8) is 0 Å². The fraction of sp³-hybridized carbons (Fsp3) is 0.556. The van der Waals surface area contributed by atoms with Crippen LogP contribution in [0, 0.1) is 0 Å². The first-order chi connectivity index (χ1) is 27.4. The van der Waals surface area contributed by atoms with Crippen LogP contribution in [-0.4, -0.2) is 108 Å². The van der Waals surface area contributed by atoms with Crippen LogP contribution in [0.15, 0.2) is 36.4 Å². The van der Waals surface area contributed by atoms with Crippen LogP contribution in [0.5, 0.6) is 0 Å². The lowest BCUT2D eigenvalue weighted by atomic mass is 9.94. The number of halogens is 2. The molecule has 2 amide bonds. The molecule has 0 unspecified atom stereocenters. The first kappa shape index (κ1) is 39.5. The number of carbonyl (C=O) groups excluding carboxylic acids is 2. The molecule has 11 heteroatoms. The molecule has 5 aliphatic rings. The van der Waals surface area contributed by atoms with E-state index in [9.17, 15) is 9.59 Å². The second kappa shape index (κ2) is 18.5. The molecule has 9 rings (SSSR count). The number of piperidine rings is 2. The summed E-state index contributed by atoms with van der Waals surface area (Å²) in [4.78, 5) is 42.4. The van der Waals surface area contributed by atoms with E-state index >= 15 is 0 Å². The molecule has 0 radical (unpaired) electrons. The van der Waals surface area contributed by atoms with Gasteiger partial charge in [0, 0.05) is 72.1 Å². The van der Waals surface area contributed by atoms with Crippen LogP contribution in [-0.2, 0) is 30.4 Å². The van der Waals surface area contributed by atoms with Gasteiger partial charge in [0.25, 0.3) is 11.8 Å². The molecule has 0 atom stereocenters. The van der Waals surface area contributed by atoms with Crippen LogP contribution in [0.4, 0.5) is 0 Å². The average Bonchev–Trinajstić information content (AvgIpc) is 3.25. The number of nitrogens with one attached hydrogen (secondary N) is 1. The summed E-state index contributed by atoms with van der Waals surface area (Å²) < 4.78 is 5.35. The van der Waals surface area contributed by atoms with Crippen molar-refractivity contribution in [2.24, 2.45) is 0 Å². The Morgan fingerprint density at radius 1 is 0.696 bits per heavy atom. The zero-order chi connectivity index (χ0) is 38.4. The highest BCUT2D eigenvalue weighted by atomic mass is 35.5. The number of nitrogens with zero attached hydrogens (tertiary/aromatic N) is 5. The highest BCUT2D eigenvalue weighted by molar-refractivity contribution is 6.36. The second-order valence-corrected chi connectivity index (χ2v) is 17.0. The number of amides is 2. The molecule has 2 aromatic heterocycles. The molecule has 3 aliphatic heterocycles. The van der Waals surface area contributed by atoms with E-state index < -0.39 is 0 Å². The first-order valence-corrected chi connectivity index (χ1v) is 22.0. The summed E-state index contributed by atoms with van der Waals surface area (Å²) >= 11 is 13.3. The monoisotopic (exact) mass is 798 g/mol. The maximum Gasteiger partial charge on any atom is 0.253 e. The van der Waals surface area contributed by atoms with Gasteiger partial charge in [-0.25, -0.2) is 0 Å². The van der Waals surface area contributed by atoms with Gasteiger partial charge >= 0.3 is 0 Å². The number of ether oxygens (including phenoxy) is 1. The molecule has 1 N–H and O–H groups in total. The zero-order valence-electron chi connectivity index (χ0n) is 32.7. The predicted octanol–water partition coefficient (Wildman–Crippen LogP) is 8.08. The van der Waals surface area contributed by atoms with Crippen LogP contribution < -0.4 is 5.32 Å². The van der Waals surface area contributed by atoms with E-state index in [0.717, 1.165) is 146 Å². The first-order valence-electron chi connectivity index (χ1n) is 21.3. The summed E-state index contributed by atoms with van der Waals surface area (Å²) in [6.45, 7) is 9.43. The predicted molar refractivity (Wildman–Crippen MR) is 225 cm³/mol. The van der Waals surface area contributed by atoms with E-state index in [1.807, 2.05) is 41.3 Å². The molecule has 0 bridgehead atoms. The van der Waals surface area contributed by atoms with Gasteiger partial charge < -0.3 is 19.9 Å². The number of morpholine rings is 1. The molecule has 5 heterocycles. The molecular weight excluding hydrogens is 743 g/mol. The Hall–Kier alpha value is -3.34. The van der Waals surface area contributed by atoms with Crippen molar-refractivity contribution < 1.29 is 14.3 Å². The fourth-order valence-electron chi connectivity index (χ4n) is 9.34. The number of aryl methyl sites for hydroxylation is 2. The second-order valence-electron chi connectivity index (χ2n) is 16.3. The lowest BCUT2D eigenvalue weighted by molar-refractivity contribution is 0.0374. The van der Waals surface area contributed by atoms with Gasteiger partial charge in [-0.2, -0.15) is 0 Å². The lowest BCUT2D eigenvalue weighted by Gasteiger charge is -2.40. The number of likely N-dealkylation sites (tertiary alicyclic amines) is 2. The van der Waals surface area contributed by atoms with Crippen molar-refractivity contribution in [1.29, 1.82) is 0 Å². The number of carbonyl (C=O) groups is 2. The normalized spacial score (nSPS) is 19.6. The summed E-state index contributed by atoms with van der Waals surface area (Å²) in [6.07, 6.45) is 15.8. The van der Waals surface area contributed by atoms with Crippen molar-refractivity contribution in [3.8, 4) is 0 Å². The van der Waals surface area contributed by atoms with E-state index in [1.165, 1.54) is 62.7 Å². The lowest BCUT2D eigenvalue weighted by Crippen LogP contribution is -2.48. The minimum absolute atomic E-state index is 0.0467. The minimum atomic E-state index is -0.0467. The fourth-order valence-corrected chi connectivity index (χ4v) is 10.1. The van der Waals surface area contributed by atoms with Crippen LogP contribution in [0.1, 0.15) is 107 Å². The van der Waals surface area contributed by atoms with E-state index in [4.69, 9.17) is 37.9 Å². The number of fused-ring (bicyclic) bond motifs is 4. The quantitative estimate of drug-likeness (QED) is 0.189. The molecular formula is C45H56Cl2N6O3. The maximum absolute atomic E-state index is 13.2.